The van der Waals surface area contributed by atoms with Crippen LogP contribution in [0.2, 0.25) is 0 Å². The minimum Gasteiger partial charge on any atom is -0.367 e. The lowest BCUT2D eigenvalue weighted by Crippen LogP contribution is -2.55. The van der Waals surface area contributed by atoms with Gasteiger partial charge in [-0.15, -0.1) is 11.3 Å². The third-order valence-electron chi connectivity index (χ3n) is 8.05. The Balaban J connectivity index is 1.53. The van der Waals surface area contributed by atoms with Crippen LogP contribution in [0.5, 0.6) is 0 Å². The number of anilines is 2. The van der Waals surface area contributed by atoms with Gasteiger partial charge in [0.1, 0.15) is 5.82 Å². The molecule has 9 nitrogen and oxygen atoms in total. The van der Waals surface area contributed by atoms with Gasteiger partial charge in [-0.1, -0.05) is 0 Å². The number of halogens is 4. The molecule has 0 spiro atoms. The van der Waals surface area contributed by atoms with Gasteiger partial charge in [-0.2, -0.15) is 13.2 Å². The van der Waals surface area contributed by atoms with E-state index in [1.54, 1.807) is 11.9 Å². The summed E-state index contributed by atoms with van der Waals surface area (Å²) in [5.74, 6) is -1.60. The molecule has 0 radical (unpaired) electrons. The van der Waals surface area contributed by atoms with Gasteiger partial charge in [0.15, 0.2) is 5.01 Å². The lowest BCUT2D eigenvalue weighted by molar-refractivity contribution is -0.138. The summed E-state index contributed by atoms with van der Waals surface area (Å²) >= 11 is 1.06. The van der Waals surface area contributed by atoms with Gasteiger partial charge in [0.25, 0.3) is 11.8 Å². The van der Waals surface area contributed by atoms with Crippen LogP contribution in [-0.4, -0.2) is 77.4 Å². The van der Waals surface area contributed by atoms with E-state index >= 15 is 4.39 Å². The Labute approximate surface area is 249 Å². The monoisotopic (exact) mass is 620 g/mol. The summed E-state index contributed by atoms with van der Waals surface area (Å²) in [4.78, 5) is 49.9. The van der Waals surface area contributed by atoms with Gasteiger partial charge in [0, 0.05) is 68.0 Å². The first-order chi connectivity index (χ1) is 20.2. The molecule has 3 aromatic rings. The maximum absolute atomic E-state index is 15.7. The van der Waals surface area contributed by atoms with Crippen molar-refractivity contribution in [2.75, 3.05) is 43.9 Å². The summed E-state index contributed by atoms with van der Waals surface area (Å²) < 4.78 is 56.9. The summed E-state index contributed by atoms with van der Waals surface area (Å²) in [5, 5.41) is 4.24. The van der Waals surface area contributed by atoms with Crippen molar-refractivity contribution < 1.29 is 27.2 Å². The predicted octanol–water partition coefficient (Wildman–Crippen LogP) is 4.92. The molecule has 1 saturated carbocycles. The molecule has 1 unspecified atom stereocenters. The molecule has 1 saturated heterocycles. The van der Waals surface area contributed by atoms with Crippen LogP contribution in [0.3, 0.4) is 0 Å². The van der Waals surface area contributed by atoms with Crippen LogP contribution in [0.25, 0.3) is 11.3 Å². The van der Waals surface area contributed by atoms with Crippen molar-refractivity contribution >= 4 is 34.5 Å². The Hall–Kier alpha value is -3.78. The number of carbonyl (C=O) groups is 2. The van der Waals surface area contributed by atoms with Gasteiger partial charge in [0.2, 0.25) is 5.56 Å². The molecule has 2 atom stereocenters. The second-order valence-electron chi connectivity index (χ2n) is 11.4. The zero-order valence-corrected chi connectivity index (χ0v) is 24.9. The molecule has 1 aromatic carbocycles. The standard InChI is InChI=1S/C29H32F4N6O3S/c1-15-11-39(12-16(2)38(15)4)24-9-21(30)18(23-14-43-27(36-23)28(42)37(3)13-17-5-6-17)7-22(24)35-26(41)19-10-34-25(40)8-20(19)29(31,32)33/h7-10,14-17H,5-6,11-13H2,1-4H3,(H,34,40)(H,35,41)/t15-,16?/m0/s1. The highest BCUT2D eigenvalue weighted by molar-refractivity contribution is 7.12. The van der Waals surface area contributed by atoms with Gasteiger partial charge >= 0.3 is 6.18 Å². The van der Waals surface area contributed by atoms with Crippen molar-refractivity contribution in [2.24, 2.45) is 5.92 Å². The van der Waals surface area contributed by atoms with E-state index < -0.39 is 34.6 Å². The average Bonchev–Trinajstić information content (AvgIpc) is 3.62. The molecule has 43 heavy (non-hydrogen) atoms. The summed E-state index contributed by atoms with van der Waals surface area (Å²) in [6.45, 7) is 5.54. The van der Waals surface area contributed by atoms with Crippen molar-refractivity contribution in [3.63, 3.8) is 0 Å². The van der Waals surface area contributed by atoms with E-state index in [2.05, 4.69) is 20.2 Å². The topological polar surface area (TPSA) is 102 Å². The number of rotatable bonds is 7. The minimum atomic E-state index is -4.96. The Morgan fingerprint density at radius 2 is 1.84 bits per heavy atom. The van der Waals surface area contributed by atoms with Crippen molar-refractivity contribution in [2.45, 2.75) is 44.9 Å². The Morgan fingerprint density at radius 3 is 2.47 bits per heavy atom. The number of nitrogens with zero attached hydrogens (tertiary/aromatic N) is 4. The van der Waals surface area contributed by atoms with E-state index in [1.165, 1.54) is 17.5 Å². The van der Waals surface area contributed by atoms with E-state index in [4.69, 9.17) is 0 Å². The molecular weight excluding hydrogens is 588 g/mol. The molecule has 230 valence electrons. The lowest BCUT2D eigenvalue weighted by Gasteiger charge is -2.44. The Kier molecular flexibility index (Phi) is 8.36. The third-order valence-corrected chi connectivity index (χ3v) is 8.88. The number of aromatic amines is 1. The van der Waals surface area contributed by atoms with Gasteiger partial charge in [-0.05, 0) is 45.7 Å². The second kappa shape index (κ2) is 11.7. The van der Waals surface area contributed by atoms with E-state index in [0.717, 1.165) is 24.2 Å². The van der Waals surface area contributed by atoms with Crippen LogP contribution < -0.4 is 15.8 Å². The number of likely N-dealkylation sites (N-methyl/N-ethyl adjacent to an activating group) is 1. The van der Waals surface area contributed by atoms with Crippen LogP contribution in [0.15, 0.2) is 34.6 Å². The number of H-pyrrole nitrogens is 1. The van der Waals surface area contributed by atoms with Gasteiger partial charge in [-0.25, -0.2) is 9.37 Å². The lowest BCUT2D eigenvalue weighted by atomic mass is 10.0. The largest absolute Gasteiger partial charge is 0.417 e. The number of piperazine rings is 1. The highest BCUT2D eigenvalue weighted by Crippen LogP contribution is 2.38. The Bertz CT molecular complexity index is 1590. The number of hydrogen-bond donors (Lipinski definition) is 2. The van der Waals surface area contributed by atoms with Crippen LogP contribution in [0.1, 0.15) is 52.4 Å². The summed E-state index contributed by atoms with van der Waals surface area (Å²) in [6, 6.07) is 3.00. The highest BCUT2D eigenvalue weighted by Gasteiger charge is 2.36. The number of nitrogens with one attached hydrogen (secondary N) is 2. The van der Waals surface area contributed by atoms with E-state index in [-0.39, 0.29) is 45.6 Å². The highest BCUT2D eigenvalue weighted by atomic mass is 32.1. The minimum absolute atomic E-state index is 0.0214. The van der Waals surface area contributed by atoms with Crippen molar-refractivity contribution in [1.82, 2.24) is 19.8 Å². The van der Waals surface area contributed by atoms with Gasteiger partial charge < -0.3 is 20.1 Å². The van der Waals surface area contributed by atoms with Crippen LogP contribution >= 0.6 is 11.3 Å². The first kappa shape index (κ1) is 30.7. The molecule has 2 N–H and O–H groups in total. The normalized spacial score (nSPS) is 19.4. The fraction of sp³-hybridized carbons (Fsp3) is 0.448. The third kappa shape index (κ3) is 6.59. The molecule has 2 fully saturated rings. The van der Waals surface area contributed by atoms with E-state index in [1.807, 2.05) is 25.8 Å². The maximum Gasteiger partial charge on any atom is 0.417 e. The first-order valence-electron chi connectivity index (χ1n) is 13.9. The number of pyridine rings is 1. The van der Waals surface area contributed by atoms with Crippen LogP contribution in [0.4, 0.5) is 28.9 Å². The summed E-state index contributed by atoms with van der Waals surface area (Å²) in [6.07, 6.45) is -2.11. The number of thiazole rings is 1. The molecule has 2 aromatic heterocycles. The zero-order chi connectivity index (χ0) is 31.2. The number of aromatic nitrogens is 2. The first-order valence-corrected chi connectivity index (χ1v) is 14.7. The van der Waals surface area contributed by atoms with Gasteiger partial charge in [0.05, 0.1) is 28.2 Å². The molecule has 5 rings (SSSR count). The SMILES string of the molecule is CC1CN(c2cc(F)c(-c3csc(C(=O)N(C)CC4CC4)n3)cc2NC(=O)c2c[nH]c(=O)cc2C(F)(F)F)C[C@H](C)N1C. The molecule has 1 aliphatic carbocycles. The Morgan fingerprint density at radius 1 is 1.16 bits per heavy atom. The summed E-state index contributed by atoms with van der Waals surface area (Å²) in [7, 11) is 3.66. The zero-order valence-electron chi connectivity index (χ0n) is 24.1. The number of hydrogen-bond acceptors (Lipinski definition) is 7. The summed E-state index contributed by atoms with van der Waals surface area (Å²) in [5.41, 5.74) is -2.70. The molecule has 0 bridgehead atoms. The molecule has 3 heterocycles. The number of amides is 2. The van der Waals surface area contributed by atoms with E-state index in [9.17, 15) is 27.6 Å². The van der Waals surface area contributed by atoms with Gasteiger partial charge in [-0.3, -0.25) is 19.3 Å². The van der Waals surface area contributed by atoms with Crippen molar-refractivity contribution in [3.05, 3.63) is 62.1 Å². The number of benzene rings is 1. The second-order valence-corrected chi connectivity index (χ2v) is 12.2. The maximum atomic E-state index is 15.7. The van der Waals surface area contributed by atoms with Crippen molar-refractivity contribution in [1.29, 1.82) is 0 Å². The number of carbonyl (C=O) groups excluding carboxylic acids is 2. The quantitative estimate of drug-likeness (QED) is 0.364. The molecule has 1 aliphatic heterocycles. The fourth-order valence-corrected chi connectivity index (χ4v) is 6.05. The fourth-order valence-electron chi connectivity index (χ4n) is 5.24. The van der Waals surface area contributed by atoms with Crippen molar-refractivity contribution in [3.8, 4) is 11.3 Å². The molecule has 2 amide bonds. The molecule has 14 heteroatoms. The van der Waals surface area contributed by atoms with Crippen LogP contribution in [0, 0.1) is 11.7 Å². The average molecular weight is 621 g/mol. The molecule has 2 aliphatic rings. The number of alkyl halides is 3. The van der Waals surface area contributed by atoms with Crippen LogP contribution in [-0.2, 0) is 6.18 Å². The van der Waals surface area contributed by atoms with E-state index in [0.29, 0.717) is 37.8 Å². The predicted molar refractivity (Wildman–Crippen MR) is 156 cm³/mol. The molecular formula is C29H32F4N6O3S. The smallest absolute Gasteiger partial charge is 0.367 e.